The number of nitrogens with one attached hydrogen (secondary N) is 2. The quantitative estimate of drug-likeness (QED) is 0.579. The first kappa shape index (κ1) is 16.6. The Labute approximate surface area is 133 Å². The third-order valence-electron chi connectivity index (χ3n) is 3.38. The minimum absolute atomic E-state index is 0.335. The summed E-state index contributed by atoms with van der Waals surface area (Å²) in [6.07, 6.45) is 3.42. The Balaban J connectivity index is 1.75. The highest BCUT2D eigenvalue weighted by Crippen LogP contribution is 2.18. The molecule has 2 aromatic rings. The van der Waals surface area contributed by atoms with Crippen LogP contribution in [0.5, 0.6) is 0 Å². The summed E-state index contributed by atoms with van der Waals surface area (Å²) >= 11 is 1.67. The van der Waals surface area contributed by atoms with Gasteiger partial charge in [-0.15, -0.1) is 0 Å². The predicted molar refractivity (Wildman–Crippen MR) is 91.0 cm³/mol. The van der Waals surface area contributed by atoms with Crippen LogP contribution in [0.4, 0.5) is 0 Å². The summed E-state index contributed by atoms with van der Waals surface area (Å²) in [6, 6.07) is 12.1. The van der Waals surface area contributed by atoms with Crippen LogP contribution >= 0.6 is 11.9 Å². The summed E-state index contributed by atoms with van der Waals surface area (Å²) < 4.78 is 4.99. The number of H-pyrrole nitrogens is 1. The average Bonchev–Trinajstić information content (AvgIpc) is 2.53. The van der Waals surface area contributed by atoms with Crippen molar-refractivity contribution in [2.24, 2.45) is 0 Å². The van der Waals surface area contributed by atoms with Crippen molar-refractivity contribution in [3.63, 3.8) is 0 Å². The van der Waals surface area contributed by atoms with Gasteiger partial charge in [0, 0.05) is 30.6 Å². The number of aromatic amines is 1. The van der Waals surface area contributed by atoms with Crippen molar-refractivity contribution in [2.45, 2.75) is 32.4 Å². The van der Waals surface area contributed by atoms with Gasteiger partial charge >= 0.3 is 5.69 Å². The second kappa shape index (κ2) is 8.60. The lowest BCUT2D eigenvalue weighted by Crippen LogP contribution is -2.28. The van der Waals surface area contributed by atoms with Gasteiger partial charge in [0.15, 0.2) is 0 Å². The van der Waals surface area contributed by atoms with Crippen LogP contribution < -0.4 is 16.0 Å². The molecule has 0 saturated carbocycles. The van der Waals surface area contributed by atoms with Gasteiger partial charge in [-0.2, -0.15) is 0 Å². The molecule has 118 valence electrons. The van der Waals surface area contributed by atoms with Crippen LogP contribution in [-0.4, -0.2) is 15.3 Å². The number of aromatic nitrogens is 2. The Morgan fingerprint density at radius 3 is 2.68 bits per heavy atom. The molecule has 1 unspecified atom stereocenters. The molecule has 1 aromatic carbocycles. The van der Waals surface area contributed by atoms with Crippen LogP contribution in [0.25, 0.3) is 0 Å². The van der Waals surface area contributed by atoms with Crippen LogP contribution in [0.2, 0.25) is 0 Å². The van der Waals surface area contributed by atoms with Gasteiger partial charge in [-0.3, -0.25) is 14.5 Å². The maximum Gasteiger partial charge on any atom is 0.328 e. The summed E-state index contributed by atoms with van der Waals surface area (Å²) in [5, 5.41) is 0. The molecule has 1 aromatic heterocycles. The number of hydrogen-bond donors (Lipinski definition) is 2. The molecule has 0 fully saturated rings. The molecule has 2 N–H and O–H groups in total. The van der Waals surface area contributed by atoms with E-state index < -0.39 is 0 Å². The molecule has 0 aliphatic carbocycles. The van der Waals surface area contributed by atoms with Crippen molar-refractivity contribution >= 4 is 11.9 Å². The largest absolute Gasteiger partial charge is 0.328 e. The Kier molecular flexibility index (Phi) is 6.48. The Bertz CT molecular complexity index is 682. The van der Waals surface area contributed by atoms with E-state index in [1.807, 2.05) is 18.2 Å². The second-order valence-electron chi connectivity index (χ2n) is 4.99. The monoisotopic (exact) mass is 319 g/mol. The van der Waals surface area contributed by atoms with Gasteiger partial charge in [0.25, 0.3) is 5.56 Å². The molecule has 6 heteroatoms. The fraction of sp³-hybridized carbons (Fsp3) is 0.375. The molecule has 0 amide bonds. The van der Waals surface area contributed by atoms with Gasteiger partial charge in [0.2, 0.25) is 0 Å². The smallest absolute Gasteiger partial charge is 0.301 e. The highest BCUT2D eigenvalue weighted by Gasteiger charge is 2.07. The first-order valence-electron chi connectivity index (χ1n) is 7.42. The second-order valence-corrected chi connectivity index (χ2v) is 5.93. The Hall–Kier alpha value is -1.79. The number of aryl methyl sites for hydroxylation is 1. The first-order valence-corrected chi connectivity index (χ1v) is 8.41. The molecule has 0 bridgehead atoms. The number of hydrogen-bond acceptors (Lipinski definition) is 4. The van der Waals surface area contributed by atoms with E-state index in [9.17, 15) is 9.59 Å². The molecule has 0 radical (unpaired) electrons. The molecule has 0 aliphatic heterocycles. The van der Waals surface area contributed by atoms with E-state index in [0.29, 0.717) is 12.6 Å². The molecular formula is C16H21N3O2S. The Morgan fingerprint density at radius 2 is 2.00 bits per heavy atom. The fourth-order valence-electron chi connectivity index (χ4n) is 2.16. The highest BCUT2D eigenvalue weighted by molar-refractivity contribution is 7.97. The average molecular weight is 319 g/mol. The van der Waals surface area contributed by atoms with Crippen molar-refractivity contribution in [1.29, 1.82) is 0 Å². The topological polar surface area (TPSA) is 66.9 Å². The van der Waals surface area contributed by atoms with E-state index in [1.54, 1.807) is 11.9 Å². The SMILES string of the molecule is CCC(NSCCCn1ccc(=O)[nH]c1=O)c1ccccc1. The number of rotatable bonds is 8. The summed E-state index contributed by atoms with van der Waals surface area (Å²) in [4.78, 5) is 24.8. The first-order chi connectivity index (χ1) is 10.7. The molecule has 1 atom stereocenters. The van der Waals surface area contributed by atoms with E-state index in [-0.39, 0.29) is 11.2 Å². The van der Waals surface area contributed by atoms with Crippen molar-refractivity contribution < 1.29 is 0 Å². The molecule has 0 aliphatic rings. The zero-order chi connectivity index (χ0) is 15.8. The van der Waals surface area contributed by atoms with E-state index in [0.717, 1.165) is 18.6 Å². The van der Waals surface area contributed by atoms with Crippen molar-refractivity contribution in [3.8, 4) is 0 Å². The van der Waals surface area contributed by atoms with Gasteiger partial charge < -0.3 is 4.57 Å². The van der Waals surface area contributed by atoms with Crippen molar-refractivity contribution in [2.75, 3.05) is 5.75 Å². The summed E-state index contributed by atoms with van der Waals surface area (Å²) in [6.45, 7) is 2.76. The molecular weight excluding hydrogens is 298 g/mol. The normalized spacial score (nSPS) is 12.2. The van der Waals surface area contributed by atoms with Gasteiger partial charge in [-0.05, 0) is 18.4 Å². The van der Waals surface area contributed by atoms with E-state index in [4.69, 9.17) is 0 Å². The maximum absolute atomic E-state index is 11.5. The number of benzene rings is 1. The third kappa shape index (κ3) is 4.89. The zero-order valence-electron chi connectivity index (χ0n) is 12.6. The Morgan fingerprint density at radius 1 is 1.23 bits per heavy atom. The lowest BCUT2D eigenvalue weighted by molar-refractivity contribution is 0.629. The summed E-state index contributed by atoms with van der Waals surface area (Å²) in [7, 11) is 0. The van der Waals surface area contributed by atoms with Gasteiger partial charge in [0.05, 0.1) is 0 Å². The van der Waals surface area contributed by atoms with Crippen LogP contribution in [0.15, 0.2) is 52.2 Å². The van der Waals surface area contributed by atoms with E-state index in [1.165, 1.54) is 22.4 Å². The summed E-state index contributed by atoms with van der Waals surface area (Å²) in [5.41, 5.74) is 0.585. The van der Waals surface area contributed by atoms with Gasteiger partial charge in [-0.25, -0.2) is 4.79 Å². The lowest BCUT2D eigenvalue weighted by Gasteiger charge is -2.16. The molecule has 0 saturated heterocycles. The van der Waals surface area contributed by atoms with E-state index >= 15 is 0 Å². The van der Waals surface area contributed by atoms with Crippen molar-refractivity contribution in [3.05, 3.63) is 69.0 Å². The van der Waals surface area contributed by atoms with Gasteiger partial charge in [0.1, 0.15) is 0 Å². The lowest BCUT2D eigenvalue weighted by atomic mass is 10.1. The summed E-state index contributed by atoms with van der Waals surface area (Å²) in [5.74, 6) is 0.898. The van der Waals surface area contributed by atoms with Gasteiger partial charge in [-0.1, -0.05) is 49.2 Å². The fourth-order valence-corrected chi connectivity index (χ4v) is 3.05. The van der Waals surface area contributed by atoms with Crippen LogP contribution in [0.1, 0.15) is 31.4 Å². The van der Waals surface area contributed by atoms with Crippen LogP contribution in [-0.2, 0) is 6.54 Å². The zero-order valence-corrected chi connectivity index (χ0v) is 13.4. The van der Waals surface area contributed by atoms with E-state index in [2.05, 4.69) is 28.8 Å². The third-order valence-corrected chi connectivity index (χ3v) is 4.32. The minimum atomic E-state index is -0.356. The number of nitrogens with zero attached hydrogens (tertiary/aromatic N) is 1. The molecule has 22 heavy (non-hydrogen) atoms. The van der Waals surface area contributed by atoms with Crippen molar-refractivity contribution in [1.82, 2.24) is 14.3 Å². The minimum Gasteiger partial charge on any atom is -0.301 e. The molecule has 5 nitrogen and oxygen atoms in total. The van der Waals surface area contributed by atoms with Crippen LogP contribution in [0, 0.1) is 0 Å². The maximum atomic E-state index is 11.5. The molecule has 1 heterocycles. The molecule has 0 spiro atoms. The standard InChI is InChI=1S/C16H21N3O2S/c1-2-14(13-7-4-3-5-8-13)18-22-12-6-10-19-11-9-15(20)17-16(19)21/h3-5,7-9,11,14,18H,2,6,10,12H2,1H3,(H,17,20,21). The molecule has 2 rings (SSSR count). The predicted octanol–water partition coefficient (Wildman–Crippen LogP) is 2.32. The highest BCUT2D eigenvalue weighted by atomic mass is 32.2. The van der Waals surface area contributed by atoms with Crippen LogP contribution in [0.3, 0.4) is 0 Å².